The van der Waals surface area contributed by atoms with Gasteiger partial charge < -0.3 is 4.74 Å². The fraction of sp³-hybridized carbons (Fsp3) is 0.889. The van der Waals surface area contributed by atoms with E-state index in [4.69, 9.17) is 10.00 Å². The molecule has 0 aromatic heterocycles. The monoisotopic (exact) mass is 149 g/mol. The summed E-state index contributed by atoms with van der Waals surface area (Å²) in [6.45, 7) is 0. The van der Waals surface area contributed by atoms with Gasteiger partial charge in [-0.15, -0.1) is 0 Å². The molecular weight excluding hydrogens is 138 g/mol. The number of epoxide rings is 1. The molecule has 0 spiro atoms. The zero-order valence-corrected chi connectivity index (χ0v) is 6.36. The minimum Gasteiger partial charge on any atom is -0.369 e. The van der Waals surface area contributed by atoms with E-state index in [1.165, 1.54) is 12.8 Å². The summed E-state index contributed by atoms with van der Waals surface area (Å²) >= 11 is 0. The van der Waals surface area contributed by atoms with Gasteiger partial charge in [-0.3, -0.25) is 0 Å². The fourth-order valence-corrected chi connectivity index (χ4v) is 2.93. The maximum atomic E-state index is 8.84. The smallest absolute Gasteiger partial charge is 0.0885 e. The van der Waals surface area contributed by atoms with Crippen molar-refractivity contribution in [1.82, 2.24) is 0 Å². The molecule has 2 nitrogen and oxygen atoms in total. The zero-order chi connectivity index (χ0) is 7.42. The summed E-state index contributed by atoms with van der Waals surface area (Å²) in [5.41, 5.74) is 0. The van der Waals surface area contributed by atoms with Crippen LogP contribution in [0.5, 0.6) is 0 Å². The normalized spacial score (nSPS) is 58.3. The molecule has 58 valence electrons. The van der Waals surface area contributed by atoms with E-state index < -0.39 is 0 Å². The predicted octanol–water partition coefficient (Wildman–Crippen LogP) is 1.32. The van der Waals surface area contributed by atoms with Gasteiger partial charge in [-0.1, -0.05) is 0 Å². The molecule has 5 atom stereocenters. The van der Waals surface area contributed by atoms with Gasteiger partial charge in [0, 0.05) is 5.92 Å². The van der Waals surface area contributed by atoms with Gasteiger partial charge in [-0.2, -0.15) is 5.26 Å². The van der Waals surface area contributed by atoms with Gasteiger partial charge in [0.05, 0.1) is 24.2 Å². The molecule has 2 bridgehead atoms. The van der Waals surface area contributed by atoms with Crippen LogP contribution in [0.25, 0.3) is 0 Å². The minimum absolute atomic E-state index is 0.317. The van der Waals surface area contributed by atoms with E-state index >= 15 is 0 Å². The average Bonchev–Trinajstić information content (AvgIpc) is 2.84. The first-order valence-electron chi connectivity index (χ1n) is 4.45. The number of nitriles is 1. The van der Waals surface area contributed by atoms with Crippen molar-refractivity contribution < 1.29 is 4.74 Å². The lowest BCUT2D eigenvalue weighted by Crippen LogP contribution is -2.37. The quantitative estimate of drug-likeness (QED) is 0.487. The second kappa shape index (κ2) is 1.78. The van der Waals surface area contributed by atoms with Crippen LogP contribution in [0.1, 0.15) is 19.3 Å². The van der Waals surface area contributed by atoms with Gasteiger partial charge in [0.2, 0.25) is 0 Å². The highest BCUT2D eigenvalue weighted by molar-refractivity contribution is 5.11. The lowest BCUT2D eigenvalue weighted by molar-refractivity contribution is 0.170. The van der Waals surface area contributed by atoms with Crippen molar-refractivity contribution in [3.05, 3.63) is 0 Å². The van der Waals surface area contributed by atoms with E-state index in [1.54, 1.807) is 0 Å². The highest BCUT2D eigenvalue weighted by Crippen LogP contribution is 2.55. The molecule has 1 saturated heterocycles. The standard InChI is InChI=1S/C9H11NO/c10-4-6-3-5-1-2-7(6)9-8(5)11-9/h5-9H,1-3H2/t5-,6-,7+,8+,9-/m1/s1. The Labute approximate surface area is 66.1 Å². The molecule has 1 heterocycles. The average molecular weight is 149 g/mol. The summed E-state index contributed by atoms with van der Waals surface area (Å²) in [6.07, 6.45) is 4.72. The van der Waals surface area contributed by atoms with E-state index in [-0.39, 0.29) is 0 Å². The second-order valence-corrected chi connectivity index (χ2v) is 4.04. The second-order valence-electron chi connectivity index (χ2n) is 4.04. The molecule has 2 heteroatoms. The van der Waals surface area contributed by atoms with Gasteiger partial charge in [-0.25, -0.2) is 0 Å². The molecule has 3 aliphatic carbocycles. The van der Waals surface area contributed by atoms with Gasteiger partial charge >= 0.3 is 0 Å². The van der Waals surface area contributed by atoms with Crippen LogP contribution in [-0.4, -0.2) is 12.2 Å². The van der Waals surface area contributed by atoms with Crippen molar-refractivity contribution in [2.75, 3.05) is 0 Å². The maximum Gasteiger partial charge on any atom is 0.0885 e. The third-order valence-corrected chi connectivity index (χ3v) is 3.56. The van der Waals surface area contributed by atoms with E-state index in [9.17, 15) is 0 Å². The lowest BCUT2D eigenvalue weighted by Gasteiger charge is -2.35. The van der Waals surface area contributed by atoms with Crippen molar-refractivity contribution in [3.63, 3.8) is 0 Å². The van der Waals surface area contributed by atoms with Crippen LogP contribution < -0.4 is 0 Å². The van der Waals surface area contributed by atoms with Gasteiger partial charge in [0.1, 0.15) is 0 Å². The molecule has 4 fully saturated rings. The molecule has 1 aliphatic heterocycles. The van der Waals surface area contributed by atoms with E-state index in [2.05, 4.69) is 6.07 Å². The van der Waals surface area contributed by atoms with Gasteiger partial charge in [-0.05, 0) is 25.2 Å². The van der Waals surface area contributed by atoms with Crippen LogP contribution in [-0.2, 0) is 4.74 Å². The summed E-state index contributed by atoms with van der Waals surface area (Å²) in [5.74, 6) is 1.64. The third-order valence-electron chi connectivity index (χ3n) is 3.56. The molecule has 0 radical (unpaired) electrons. The molecule has 3 saturated carbocycles. The summed E-state index contributed by atoms with van der Waals surface area (Å²) in [4.78, 5) is 0. The van der Waals surface area contributed by atoms with E-state index in [0.29, 0.717) is 24.0 Å². The van der Waals surface area contributed by atoms with E-state index in [1.807, 2.05) is 0 Å². The van der Waals surface area contributed by atoms with Crippen LogP contribution >= 0.6 is 0 Å². The molecule has 0 aromatic rings. The van der Waals surface area contributed by atoms with Gasteiger partial charge in [0.15, 0.2) is 0 Å². The largest absolute Gasteiger partial charge is 0.369 e. The van der Waals surface area contributed by atoms with Crippen molar-refractivity contribution >= 4 is 0 Å². The summed E-state index contributed by atoms with van der Waals surface area (Å²) in [5, 5.41) is 8.84. The Balaban J connectivity index is 1.91. The Morgan fingerprint density at radius 1 is 1.27 bits per heavy atom. The number of rotatable bonds is 0. The molecule has 4 aliphatic rings. The van der Waals surface area contributed by atoms with E-state index in [0.717, 1.165) is 12.3 Å². The van der Waals surface area contributed by atoms with Crippen molar-refractivity contribution in [3.8, 4) is 6.07 Å². The summed E-state index contributed by atoms with van der Waals surface area (Å²) in [7, 11) is 0. The zero-order valence-electron chi connectivity index (χ0n) is 6.36. The van der Waals surface area contributed by atoms with Crippen LogP contribution in [0.15, 0.2) is 0 Å². The third kappa shape index (κ3) is 0.648. The molecular formula is C9H11NO. The highest BCUT2D eigenvalue weighted by Gasteiger charge is 2.59. The molecule has 4 rings (SSSR count). The molecule has 0 aromatic carbocycles. The van der Waals surface area contributed by atoms with Crippen LogP contribution in [0, 0.1) is 29.1 Å². The summed E-state index contributed by atoms with van der Waals surface area (Å²) < 4.78 is 5.55. The maximum absolute atomic E-state index is 8.84. The predicted molar refractivity (Wildman–Crippen MR) is 38.6 cm³/mol. The highest BCUT2D eigenvalue weighted by atomic mass is 16.6. The Morgan fingerprint density at radius 2 is 2.18 bits per heavy atom. The SMILES string of the molecule is N#C[C@H]1C[C@H]2CC[C@@H]1[C@H]1O[C@@H]21. The topological polar surface area (TPSA) is 36.3 Å². The number of hydrogen-bond donors (Lipinski definition) is 0. The number of nitrogens with zero attached hydrogens (tertiary/aromatic N) is 1. The molecule has 0 unspecified atom stereocenters. The van der Waals surface area contributed by atoms with Crippen molar-refractivity contribution in [2.45, 2.75) is 31.5 Å². The van der Waals surface area contributed by atoms with Crippen LogP contribution in [0.3, 0.4) is 0 Å². The van der Waals surface area contributed by atoms with Crippen molar-refractivity contribution in [1.29, 1.82) is 5.26 Å². The first-order valence-corrected chi connectivity index (χ1v) is 4.45. The first kappa shape index (κ1) is 6.02. The van der Waals surface area contributed by atoms with Crippen LogP contribution in [0.4, 0.5) is 0 Å². The number of hydrogen-bond acceptors (Lipinski definition) is 2. The first-order chi connectivity index (χ1) is 5.40. The molecule has 0 amide bonds. The summed E-state index contributed by atoms with van der Waals surface area (Å²) in [6, 6.07) is 2.41. The number of ether oxygens (including phenoxy) is 1. The molecule has 11 heavy (non-hydrogen) atoms. The lowest BCUT2D eigenvalue weighted by atomic mass is 9.65. The molecule has 0 N–H and O–H groups in total. The Kier molecular flexibility index (Phi) is 0.976. The van der Waals surface area contributed by atoms with Gasteiger partial charge in [0.25, 0.3) is 0 Å². The Bertz CT molecular complexity index is 232. The van der Waals surface area contributed by atoms with Crippen LogP contribution in [0.2, 0.25) is 0 Å². The van der Waals surface area contributed by atoms with Crippen molar-refractivity contribution in [2.24, 2.45) is 17.8 Å². The Morgan fingerprint density at radius 3 is 2.91 bits per heavy atom. The fourth-order valence-electron chi connectivity index (χ4n) is 2.93. The minimum atomic E-state index is 0.317. The Hall–Kier alpha value is -0.550. The number of fused-ring (bicyclic) bond motifs is 2.